The van der Waals surface area contributed by atoms with Crippen LogP contribution in [0.3, 0.4) is 0 Å². The number of nitro benzene ring substituents is 1. The van der Waals surface area contributed by atoms with Gasteiger partial charge in [-0.25, -0.2) is 0 Å². The topological polar surface area (TPSA) is 63.5 Å². The molecule has 7 heteroatoms. The third-order valence-corrected chi connectivity index (χ3v) is 4.29. The molecule has 0 bridgehead atoms. The molecule has 2 unspecified atom stereocenters. The molecule has 108 valence electrons. The Hall–Kier alpha value is -1.33. The Morgan fingerprint density at radius 2 is 2.05 bits per heavy atom. The van der Waals surface area contributed by atoms with Gasteiger partial charge < -0.3 is 4.90 Å². The molecule has 0 saturated carbocycles. The maximum atomic E-state index is 12.4. The predicted octanol–water partition coefficient (Wildman–Crippen LogP) is 3.77. The first-order valence-corrected chi connectivity index (χ1v) is 7.01. The number of carbonyl (C=O) groups is 1. The molecule has 1 fully saturated rings. The number of rotatable bonds is 2. The van der Waals surface area contributed by atoms with Crippen molar-refractivity contribution in [2.45, 2.75) is 26.3 Å². The van der Waals surface area contributed by atoms with E-state index in [1.54, 1.807) is 4.90 Å². The molecule has 1 aliphatic rings. The lowest BCUT2D eigenvalue weighted by Gasteiger charge is -2.21. The fraction of sp³-hybridized carbons (Fsp3) is 0.462. The summed E-state index contributed by atoms with van der Waals surface area (Å²) < 4.78 is 0. The highest BCUT2D eigenvalue weighted by Gasteiger charge is 2.31. The van der Waals surface area contributed by atoms with Gasteiger partial charge in [-0.15, -0.1) is 0 Å². The minimum atomic E-state index is -0.638. The molecule has 1 aromatic carbocycles. The molecule has 5 nitrogen and oxygen atoms in total. The molecule has 0 aromatic heterocycles. The van der Waals surface area contributed by atoms with Crippen molar-refractivity contribution in [3.63, 3.8) is 0 Å². The van der Waals surface area contributed by atoms with Crippen molar-refractivity contribution in [2.75, 3.05) is 6.54 Å². The van der Waals surface area contributed by atoms with Crippen LogP contribution in [-0.4, -0.2) is 28.3 Å². The molecule has 0 N–H and O–H groups in total. The molecule has 2 atom stereocenters. The molecule has 1 saturated heterocycles. The Morgan fingerprint density at radius 1 is 1.40 bits per heavy atom. The van der Waals surface area contributed by atoms with Crippen LogP contribution in [0.4, 0.5) is 5.69 Å². The van der Waals surface area contributed by atoms with Crippen LogP contribution in [0.5, 0.6) is 0 Å². The number of hydrogen-bond donors (Lipinski definition) is 0. The third-order valence-electron chi connectivity index (χ3n) is 3.50. The van der Waals surface area contributed by atoms with E-state index in [4.69, 9.17) is 23.2 Å². The van der Waals surface area contributed by atoms with E-state index >= 15 is 0 Å². The molecule has 1 amide bonds. The van der Waals surface area contributed by atoms with Gasteiger partial charge in [0.25, 0.3) is 11.6 Å². The van der Waals surface area contributed by atoms with Crippen LogP contribution in [-0.2, 0) is 0 Å². The molecular weight excluding hydrogens is 303 g/mol. The second-order valence-electron chi connectivity index (χ2n) is 5.20. The zero-order valence-corrected chi connectivity index (χ0v) is 12.6. The Morgan fingerprint density at radius 3 is 2.55 bits per heavy atom. The average Bonchev–Trinajstić information content (AvgIpc) is 2.70. The molecule has 0 spiro atoms. The van der Waals surface area contributed by atoms with Crippen molar-refractivity contribution in [2.24, 2.45) is 5.92 Å². The fourth-order valence-corrected chi connectivity index (χ4v) is 2.97. The quantitative estimate of drug-likeness (QED) is 0.616. The third kappa shape index (κ3) is 2.74. The Labute approximate surface area is 126 Å². The molecule has 1 heterocycles. The zero-order valence-electron chi connectivity index (χ0n) is 11.1. The number of nitrogens with zero attached hydrogens (tertiary/aromatic N) is 2. The summed E-state index contributed by atoms with van der Waals surface area (Å²) in [5, 5.41) is 10.8. The summed E-state index contributed by atoms with van der Waals surface area (Å²) in [7, 11) is 0. The second kappa shape index (κ2) is 5.58. The summed E-state index contributed by atoms with van der Waals surface area (Å²) in [4.78, 5) is 24.4. The van der Waals surface area contributed by atoms with Gasteiger partial charge in [0.1, 0.15) is 5.02 Å². The average molecular weight is 317 g/mol. The van der Waals surface area contributed by atoms with Gasteiger partial charge in [0.2, 0.25) is 0 Å². The van der Waals surface area contributed by atoms with Crippen molar-refractivity contribution >= 4 is 34.8 Å². The van der Waals surface area contributed by atoms with Crippen LogP contribution in [0.2, 0.25) is 10.0 Å². The van der Waals surface area contributed by atoms with Gasteiger partial charge in [-0.3, -0.25) is 14.9 Å². The van der Waals surface area contributed by atoms with E-state index in [9.17, 15) is 14.9 Å². The first kappa shape index (κ1) is 15.1. The smallest absolute Gasteiger partial charge is 0.290 e. The van der Waals surface area contributed by atoms with Crippen molar-refractivity contribution in [3.05, 3.63) is 37.9 Å². The molecule has 0 aliphatic carbocycles. The molecule has 2 rings (SSSR count). The standard InChI is InChI=1S/C13H14Cl2N2O3/c1-7-3-8(2)16(6-7)13(18)9-4-10(14)12(15)11(5-9)17(19)20/h4-5,7-8H,3,6H2,1-2H3. The van der Waals surface area contributed by atoms with E-state index in [-0.39, 0.29) is 33.2 Å². The highest BCUT2D eigenvalue weighted by Crippen LogP contribution is 2.34. The van der Waals surface area contributed by atoms with E-state index in [1.807, 2.05) is 6.92 Å². The van der Waals surface area contributed by atoms with Crippen molar-refractivity contribution in [1.29, 1.82) is 0 Å². The Balaban J connectivity index is 2.38. The van der Waals surface area contributed by atoms with Crippen molar-refractivity contribution in [3.8, 4) is 0 Å². The van der Waals surface area contributed by atoms with Gasteiger partial charge in [0.15, 0.2) is 0 Å². The SMILES string of the molecule is CC1CC(C)N(C(=O)c2cc(Cl)c(Cl)c([N+](=O)[O-])c2)C1. The first-order valence-electron chi connectivity index (χ1n) is 6.25. The van der Waals surface area contributed by atoms with Crippen LogP contribution in [0.15, 0.2) is 12.1 Å². The molecule has 20 heavy (non-hydrogen) atoms. The van der Waals surface area contributed by atoms with E-state index < -0.39 is 4.92 Å². The summed E-state index contributed by atoms with van der Waals surface area (Å²) in [6.07, 6.45) is 0.926. The molecule has 1 aromatic rings. The summed E-state index contributed by atoms with van der Waals surface area (Å²) in [5.41, 5.74) is -0.144. The number of amides is 1. The van der Waals surface area contributed by atoms with E-state index in [0.29, 0.717) is 12.5 Å². The minimum Gasteiger partial charge on any atom is -0.336 e. The maximum Gasteiger partial charge on any atom is 0.290 e. The predicted molar refractivity (Wildman–Crippen MR) is 77.4 cm³/mol. The molecule has 0 radical (unpaired) electrons. The van der Waals surface area contributed by atoms with Crippen LogP contribution in [0, 0.1) is 16.0 Å². The molecule has 1 aliphatic heterocycles. The number of hydrogen-bond acceptors (Lipinski definition) is 3. The summed E-state index contributed by atoms with van der Waals surface area (Å²) in [6.45, 7) is 4.68. The second-order valence-corrected chi connectivity index (χ2v) is 5.98. The number of likely N-dealkylation sites (tertiary alicyclic amines) is 1. The van der Waals surface area contributed by atoms with Crippen LogP contribution < -0.4 is 0 Å². The number of benzene rings is 1. The maximum absolute atomic E-state index is 12.4. The monoisotopic (exact) mass is 316 g/mol. The van der Waals surface area contributed by atoms with E-state index in [1.165, 1.54) is 12.1 Å². The van der Waals surface area contributed by atoms with Crippen LogP contribution in [0.25, 0.3) is 0 Å². The largest absolute Gasteiger partial charge is 0.336 e. The zero-order chi connectivity index (χ0) is 15.0. The Kier molecular flexibility index (Phi) is 4.20. The Bertz CT molecular complexity index is 577. The summed E-state index contributed by atoms with van der Waals surface area (Å²) in [5.74, 6) is 0.176. The number of nitro groups is 1. The highest BCUT2D eigenvalue weighted by atomic mass is 35.5. The van der Waals surface area contributed by atoms with Crippen LogP contribution >= 0.6 is 23.2 Å². The van der Waals surface area contributed by atoms with E-state index in [0.717, 1.165) is 6.42 Å². The van der Waals surface area contributed by atoms with Gasteiger partial charge in [-0.05, 0) is 25.3 Å². The first-order chi connectivity index (χ1) is 9.31. The van der Waals surface area contributed by atoms with Crippen LogP contribution in [0.1, 0.15) is 30.6 Å². The van der Waals surface area contributed by atoms with Gasteiger partial charge >= 0.3 is 0 Å². The normalized spacial score (nSPS) is 22.1. The van der Waals surface area contributed by atoms with Crippen molar-refractivity contribution in [1.82, 2.24) is 4.90 Å². The number of halogens is 2. The summed E-state index contributed by atoms with van der Waals surface area (Å²) >= 11 is 11.6. The van der Waals surface area contributed by atoms with Gasteiger partial charge in [0.05, 0.1) is 9.95 Å². The van der Waals surface area contributed by atoms with Gasteiger partial charge in [-0.2, -0.15) is 0 Å². The lowest BCUT2D eigenvalue weighted by atomic mass is 10.1. The molecular formula is C13H14Cl2N2O3. The lowest BCUT2D eigenvalue weighted by molar-refractivity contribution is -0.384. The van der Waals surface area contributed by atoms with Gasteiger partial charge in [-0.1, -0.05) is 30.1 Å². The van der Waals surface area contributed by atoms with E-state index in [2.05, 4.69) is 6.92 Å². The number of carbonyl (C=O) groups excluding carboxylic acids is 1. The lowest BCUT2D eigenvalue weighted by Crippen LogP contribution is -2.34. The fourth-order valence-electron chi connectivity index (χ4n) is 2.58. The van der Waals surface area contributed by atoms with Crippen molar-refractivity contribution < 1.29 is 9.72 Å². The summed E-state index contributed by atoms with van der Waals surface area (Å²) in [6, 6.07) is 2.69. The minimum absolute atomic E-state index is 0.0177. The highest BCUT2D eigenvalue weighted by molar-refractivity contribution is 6.43. The van der Waals surface area contributed by atoms with Gasteiger partial charge in [0, 0.05) is 24.2 Å².